The predicted octanol–water partition coefficient (Wildman–Crippen LogP) is 3.66. The minimum absolute atomic E-state index is 0.238. The molecule has 1 N–H and O–H groups in total. The fraction of sp³-hybridized carbons (Fsp3) is 0.267. The molecule has 0 aliphatic heterocycles. The summed E-state index contributed by atoms with van der Waals surface area (Å²) in [5, 5.41) is 14.6. The number of nitriles is 1. The molecule has 2 rings (SSSR count). The van der Waals surface area contributed by atoms with E-state index in [1.165, 1.54) is 10.4 Å². The summed E-state index contributed by atoms with van der Waals surface area (Å²) in [5.74, 6) is 0. The van der Waals surface area contributed by atoms with Gasteiger partial charge in [0.25, 0.3) is 0 Å². The van der Waals surface area contributed by atoms with Crippen molar-refractivity contribution in [3.8, 4) is 6.07 Å². The Labute approximate surface area is 112 Å². The second kappa shape index (κ2) is 6.34. The third-order valence-corrected chi connectivity index (χ3v) is 3.79. The van der Waals surface area contributed by atoms with Crippen LogP contribution in [0.25, 0.3) is 0 Å². The molecule has 0 saturated carbocycles. The first-order valence-electron chi connectivity index (χ1n) is 6.07. The minimum Gasteiger partial charge on any atom is -0.293 e. The number of aryl methyl sites for hydroxylation is 1. The molecule has 1 unspecified atom stereocenters. The van der Waals surface area contributed by atoms with Gasteiger partial charge in [0, 0.05) is 11.4 Å². The van der Waals surface area contributed by atoms with E-state index in [2.05, 4.69) is 41.9 Å². The van der Waals surface area contributed by atoms with Crippen LogP contribution in [-0.2, 0) is 13.0 Å². The first-order chi connectivity index (χ1) is 8.83. The number of hydrogen-bond acceptors (Lipinski definition) is 3. The number of thiophene rings is 1. The average Bonchev–Trinajstić information content (AvgIpc) is 2.93. The van der Waals surface area contributed by atoms with Gasteiger partial charge in [0.15, 0.2) is 0 Å². The molecule has 0 aliphatic rings. The zero-order chi connectivity index (χ0) is 12.8. The zero-order valence-corrected chi connectivity index (χ0v) is 11.2. The van der Waals surface area contributed by atoms with E-state index < -0.39 is 0 Å². The van der Waals surface area contributed by atoms with Gasteiger partial charge in [-0.3, -0.25) is 5.32 Å². The van der Waals surface area contributed by atoms with E-state index in [-0.39, 0.29) is 6.04 Å². The van der Waals surface area contributed by atoms with Gasteiger partial charge in [0.05, 0.1) is 6.07 Å². The molecular formula is C15H16N2S. The van der Waals surface area contributed by atoms with Gasteiger partial charge in [-0.1, -0.05) is 37.3 Å². The van der Waals surface area contributed by atoms with Crippen molar-refractivity contribution < 1.29 is 0 Å². The van der Waals surface area contributed by atoms with E-state index in [0.29, 0.717) is 0 Å². The van der Waals surface area contributed by atoms with Gasteiger partial charge >= 0.3 is 0 Å². The molecule has 1 aromatic carbocycles. The number of nitrogens with zero attached hydrogens (tertiary/aromatic N) is 1. The highest BCUT2D eigenvalue weighted by Gasteiger charge is 2.09. The Morgan fingerprint density at radius 2 is 2.06 bits per heavy atom. The molecule has 92 valence electrons. The van der Waals surface area contributed by atoms with Crippen molar-refractivity contribution in [3.05, 3.63) is 57.8 Å². The van der Waals surface area contributed by atoms with Crippen LogP contribution >= 0.6 is 11.3 Å². The Morgan fingerprint density at radius 1 is 1.28 bits per heavy atom. The maximum Gasteiger partial charge on any atom is 0.121 e. The molecular weight excluding hydrogens is 240 g/mol. The summed E-state index contributed by atoms with van der Waals surface area (Å²) < 4.78 is 0. The Hall–Kier alpha value is -1.63. The second-order valence-corrected chi connectivity index (χ2v) is 5.15. The van der Waals surface area contributed by atoms with E-state index in [1.54, 1.807) is 11.3 Å². The van der Waals surface area contributed by atoms with Crippen molar-refractivity contribution >= 4 is 11.3 Å². The van der Waals surface area contributed by atoms with Crippen LogP contribution < -0.4 is 5.32 Å². The normalized spacial score (nSPS) is 12.0. The van der Waals surface area contributed by atoms with Crippen molar-refractivity contribution in [1.82, 2.24) is 5.32 Å². The maximum atomic E-state index is 9.23. The third-order valence-electron chi connectivity index (χ3n) is 2.91. The van der Waals surface area contributed by atoms with Crippen LogP contribution in [0.4, 0.5) is 0 Å². The summed E-state index contributed by atoms with van der Waals surface area (Å²) in [6.45, 7) is 2.87. The second-order valence-electron chi connectivity index (χ2n) is 4.12. The van der Waals surface area contributed by atoms with Crippen LogP contribution in [0, 0.1) is 11.3 Å². The fourth-order valence-corrected chi connectivity index (χ4v) is 2.46. The SMILES string of the molecule is CCc1ccc(C(C#N)NCc2cccs2)cc1. The molecule has 18 heavy (non-hydrogen) atoms. The summed E-state index contributed by atoms with van der Waals surface area (Å²) in [4.78, 5) is 1.25. The molecule has 3 heteroatoms. The molecule has 0 amide bonds. The molecule has 1 atom stereocenters. The van der Waals surface area contributed by atoms with E-state index in [9.17, 15) is 5.26 Å². The Kier molecular flexibility index (Phi) is 4.52. The van der Waals surface area contributed by atoms with Crippen LogP contribution in [0.3, 0.4) is 0 Å². The lowest BCUT2D eigenvalue weighted by Gasteiger charge is -2.11. The predicted molar refractivity (Wildman–Crippen MR) is 75.3 cm³/mol. The molecule has 0 fully saturated rings. The van der Waals surface area contributed by atoms with E-state index >= 15 is 0 Å². The topological polar surface area (TPSA) is 35.8 Å². The third kappa shape index (κ3) is 3.19. The highest BCUT2D eigenvalue weighted by Crippen LogP contribution is 2.16. The maximum absolute atomic E-state index is 9.23. The smallest absolute Gasteiger partial charge is 0.121 e. The summed E-state index contributed by atoms with van der Waals surface area (Å²) in [7, 11) is 0. The molecule has 0 saturated heterocycles. The van der Waals surface area contributed by atoms with Crippen LogP contribution in [0.5, 0.6) is 0 Å². The van der Waals surface area contributed by atoms with Gasteiger partial charge in [-0.25, -0.2) is 0 Å². The number of rotatable bonds is 5. The number of hydrogen-bond donors (Lipinski definition) is 1. The lowest BCUT2D eigenvalue weighted by Crippen LogP contribution is -2.18. The Balaban J connectivity index is 2.01. The summed E-state index contributed by atoms with van der Waals surface area (Å²) >= 11 is 1.70. The largest absolute Gasteiger partial charge is 0.293 e. The van der Waals surface area contributed by atoms with E-state index in [1.807, 2.05) is 18.2 Å². The molecule has 0 aliphatic carbocycles. The number of benzene rings is 1. The average molecular weight is 256 g/mol. The van der Waals surface area contributed by atoms with Gasteiger partial charge in [-0.05, 0) is 29.0 Å². The van der Waals surface area contributed by atoms with Crippen molar-refractivity contribution in [2.75, 3.05) is 0 Å². The highest BCUT2D eigenvalue weighted by atomic mass is 32.1. The van der Waals surface area contributed by atoms with Gasteiger partial charge in [0.2, 0.25) is 0 Å². The van der Waals surface area contributed by atoms with Gasteiger partial charge in [0.1, 0.15) is 6.04 Å². The molecule has 1 aromatic heterocycles. The van der Waals surface area contributed by atoms with Crippen LogP contribution in [0.1, 0.15) is 29.0 Å². The summed E-state index contributed by atoms with van der Waals surface area (Å²) in [6, 6.07) is 14.4. The molecule has 2 nitrogen and oxygen atoms in total. The van der Waals surface area contributed by atoms with Gasteiger partial charge in [-0.2, -0.15) is 5.26 Å². The van der Waals surface area contributed by atoms with Crippen LogP contribution in [0.2, 0.25) is 0 Å². The fourth-order valence-electron chi connectivity index (χ4n) is 1.80. The summed E-state index contributed by atoms with van der Waals surface area (Å²) in [5.41, 5.74) is 2.33. The first kappa shape index (κ1) is 12.8. The van der Waals surface area contributed by atoms with E-state index in [4.69, 9.17) is 0 Å². The quantitative estimate of drug-likeness (QED) is 0.886. The minimum atomic E-state index is -0.238. The van der Waals surface area contributed by atoms with Crippen LogP contribution in [0.15, 0.2) is 41.8 Å². The highest BCUT2D eigenvalue weighted by molar-refractivity contribution is 7.09. The summed E-state index contributed by atoms with van der Waals surface area (Å²) in [6.07, 6.45) is 1.03. The lowest BCUT2D eigenvalue weighted by molar-refractivity contribution is 0.636. The van der Waals surface area contributed by atoms with Gasteiger partial charge in [-0.15, -0.1) is 11.3 Å². The molecule has 0 radical (unpaired) electrons. The molecule has 0 bridgehead atoms. The van der Waals surface area contributed by atoms with Crippen molar-refractivity contribution in [3.63, 3.8) is 0 Å². The molecule has 2 aromatic rings. The van der Waals surface area contributed by atoms with Gasteiger partial charge < -0.3 is 0 Å². The van der Waals surface area contributed by atoms with E-state index in [0.717, 1.165) is 18.5 Å². The first-order valence-corrected chi connectivity index (χ1v) is 6.95. The zero-order valence-electron chi connectivity index (χ0n) is 10.4. The van der Waals surface area contributed by atoms with Crippen molar-refractivity contribution in [2.45, 2.75) is 25.9 Å². The molecule has 1 heterocycles. The Bertz CT molecular complexity index is 508. The van der Waals surface area contributed by atoms with Crippen molar-refractivity contribution in [2.24, 2.45) is 0 Å². The van der Waals surface area contributed by atoms with Crippen LogP contribution in [-0.4, -0.2) is 0 Å². The lowest BCUT2D eigenvalue weighted by atomic mass is 10.0. The molecule has 0 spiro atoms. The van der Waals surface area contributed by atoms with Crippen molar-refractivity contribution in [1.29, 1.82) is 5.26 Å². The monoisotopic (exact) mass is 256 g/mol. The standard InChI is InChI=1S/C15H16N2S/c1-2-12-5-7-13(8-6-12)15(10-16)17-11-14-4-3-9-18-14/h3-9,15,17H,2,11H2,1H3. The number of nitrogens with one attached hydrogen (secondary N) is 1. The Morgan fingerprint density at radius 3 is 2.61 bits per heavy atom.